The van der Waals surface area contributed by atoms with Gasteiger partial charge in [0.1, 0.15) is 0 Å². The fourth-order valence-electron chi connectivity index (χ4n) is 2.27. The molecule has 0 unspecified atom stereocenters. The van der Waals surface area contributed by atoms with Crippen molar-refractivity contribution in [1.82, 2.24) is 0 Å². The topological polar surface area (TPSA) is 23.8 Å². The summed E-state index contributed by atoms with van der Waals surface area (Å²) < 4.78 is 1.05. The van der Waals surface area contributed by atoms with Gasteiger partial charge in [0.15, 0.2) is 0 Å². The summed E-state index contributed by atoms with van der Waals surface area (Å²) in [4.78, 5) is 0. The summed E-state index contributed by atoms with van der Waals surface area (Å²) >= 11 is 3.60. The monoisotopic (exact) mass is 357 g/mol. The van der Waals surface area contributed by atoms with Gasteiger partial charge >= 0.3 is 0 Å². The molecule has 0 saturated heterocycles. The first-order chi connectivity index (χ1) is 11.3. The van der Waals surface area contributed by atoms with E-state index < -0.39 is 0 Å². The van der Waals surface area contributed by atoms with Crippen molar-refractivity contribution in [3.8, 4) is 29.0 Å². The van der Waals surface area contributed by atoms with Crippen LogP contribution in [0.5, 0.6) is 0 Å². The van der Waals surface area contributed by atoms with Crippen LogP contribution in [0.1, 0.15) is 16.7 Å². The number of rotatable bonds is 1. The van der Waals surface area contributed by atoms with Gasteiger partial charge in [-0.05, 0) is 47.5 Å². The Morgan fingerprint density at radius 1 is 0.652 bits per heavy atom. The molecular formula is C21H12BrN. The Balaban J connectivity index is 2.01. The minimum absolute atomic E-state index is 0.643. The molecule has 3 aromatic rings. The van der Waals surface area contributed by atoms with Gasteiger partial charge in [0.25, 0.3) is 0 Å². The lowest BCUT2D eigenvalue weighted by atomic mass is 10.00. The fourth-order valence-corrected chi connectivity index (χ4v) is 2.77. The highest BCUT2D eigenvalue weighted by Gasteiger charge is 2.05. The van der Waals surface area contributed by atoms with Crippen LogP contribution in [0, 0.1) is 23.2 Å². The van der Waals surface area contributed by atoms with Gasteiger partial charge in [-0.15, -0.1) is 0 Å². The molecule has 3 rings (SSSR count). The van der Waals surface area contributed by atoms with Crippen molar-refractivity contribution in [2.24, 2.45) is 0 Å². The molecule has 2 heteroatoms. The molecule has 1 nitrogen and oxygen atoms in total. The zero-order valence-electron chi connectivity index (χ0n) is 12.3. The van der Waals surface area contributed by atoms with Gasteiger partial charge in [-0.25, -0.2) is 0 Å². The molecule has 0 aliphatic carbocycles. The quantitative estimate of drug-likeness (QED) is 0.535. The Labute approximate surface area is 144 Å². The molecule has 0 spiro atoms. The predicted molar refractivity (Wildman–Crippen MR) is 96.7 cm³/mol. The summed E-state index contributed by atoms with van der Waals surface area (Å²) in [6.07, 6.45) is 0. The summed E-state index contributed by atoms with van der Waals surface area (Å²) in [6, 6.07) is 25.6. The van der Waals surface area contributed by atoms with Gasteiger partial charge in [-0.2, -0.15) is 5.26 Å². The predicted octanol–water partition coefficient (Wildman–Crippen LogP) is 5.39. The van der Waals surface area contributed by atoms with Crippen LogP contribution in [0.4, 0.5) is 0 Å². The first-order valence-corrected chi connectivity index (χ1v) is 7.93. The first kappa shape index (κ1) is 15.1. The molecule has 0 amide bonds. The zero-order valence-corrected chi connectivity index (χ0v) is 13.8. The Kier molecular flexibility index (Phi) is 4.57. The normalized spacial score (nSPS) is 9.57. The van der Waals surface area contributed by atoms with E-state index in [2.05, 4.69) is 46.0 Å². The van der Waals surface area contributed by atoms with Gasteiger partial charge in [-0.3, -0.25) is 0 Å². The molecule has 0 bridgehead atoms. The second-order valence-corrected chi connectivity index (χ2v) is 5.82. The van der Waals surface area contributed by atoms with Crippen molar-refractivity contribution in [2.45, 2.75) is 0 Å². The Bertz CT molecular complexity index is 938. The molecule has 23 heavy (non-hydrogen) atoms. The highest BCUT2D eigenvalue weighted by Crippen LogP contribution is 2.30. The molecule has 0 heterocycles. The molecular weight excluding hydrogens is 346 g/mol. The van der Waals surface area contributed by atoms with Crippen LogP contribution in [-0.2, 0) is 0 Å². The van der Waals surface area contributed by atoms with E-state index in [4.69, 9.17) is 5.26 Å². The summed E-state index contributed by atoms with van der Waals surface area (Å²) in [5, 5.41) is 8.83. The van der Waals surface area contributed by atoms with E-state index >= 15 is 0 Å². The van der Waals surface area contributed by atoms with E-state index in [1.165, 1.54) is 0 Å². The molecule has 3 aromatic carbocycles. The number of benzene rings is 3. The number of halogens is 1. The standard InChI is InChI=1S/C21H12BrN/c22-21-8-4-3-7-20(21)19-6-2-1-5-18(19)14-13-16-9-11-17(15-23)12-10-16/h1-12H. The Morgan fingerprint density at radius 2 is 1.26 bits per heavy atom. The maximum absolute atomic E-state index is 8.83. The number of hydrogen-bond donors (Lipinski definition) is 0. The highest BCUT2D eigenvalue weighted by atomic mass is 79.9. The lowest BCUT2D eigenvalue weighted by molar-refractivity contribution is 1.48. The second kappa shape index (κ2) is 6.97. The molecule has 0 saturated carbocycles. The van der Waals surface area contributed by atoms with Crippen LogP contribution < -0.4 is 0 Å². The summed E-state index contributed by atoms with van der Waals surface area (Å²) in [7, 11) is 0. The lowest BCUT2D eigenvalue weighted by Gasteiger charge is -2.06. The summed E-state index contributed by atoms with van der Waals surface area (Å²) in [5.41, 5.74) is 4.73. The van der Waals surface area contributed by atoms with Crippen molar-refractivity contribution in [1.29, 1.82) is 5.26 Å². The third-order valence-corrected chi connectivity index (χ3v) is 4.14. The van der Waals surface area contributed by atoms with Crippen molar-refractivity contribution in [3.05, 3.63) is 94.0 Å². The highest BCUT2D eigenvalue weighted by molar-refractivity contribution is 9.10. The minimum atomic E-state index is 0.643. The lowest BCUT2D eigenvalue weighted by Crippen LogP contribution is -1.85. The molecule has 0 fully saturated rings. The molecule has 0 N–H and O–H groups in total. The molecule has 108 valence electrons. The van der Waals surface area contributed by atoms with Gasteiger partial charge in [0, 0.05) is 15.6 Å². The molecule has 0 aliphatic heterocycles. The summed E-state index contributed by atoms with van der Waals surface area (Å²) in [6.45, 7) is 0. The summed E-state index contributed by atoms with van der Waals surface area (Å²) in [5.74, 6) is 6.41. The third-order valence-electron chi connectivity index (χ3n) is 3.45. The van der Waals surface area contributed by atoms with Crippen LogP contribution in [0.3, 0.4) is 0 Å². The van der Waals surface area contributed by atoms with E-state index in [-0.39, 0.29) is 0 Å². The van der Waals surface area contributed by atoms with Crippen molar-refractivity contribution < 1.29 is 0 Å². The van der Waals surface area contributed by atoms with E-state index in [0.29, 0.717) is 5.56 Å². The van der Waals surface area contributed by atoms with Crippen molar-refractivity contribution >= 4 is 15.9 Å². The maximum Gasteiger partial charge on any atom is 0.0991 e. The van der Waals surface area contributed by atoms with E-state index in [9.17, 15) is 0 Å². The fraction of sp³-hybridized carbons (Fsp3) is 0. The van der Waals surface area contributed by atoms with Gasteiger partial charge in [-0.1, -0.05) is 64.2 Å². The average molecular weight is 358 g/mol. The Hall–Kier alpha value is -2.81. The van der Waals surface area contributed by atoms with Crippen molar-refractivity contribution in [2.75, 3.05) is 0 Å². The van der Waals surface area contributed by atoms with Gasteiger partial charge in [0.05, 0.1) is 11.6 Å². The van der Waals surface area contributed by atoms with Gasteiger partial charge < -0.3 is 0 Å². The second-order valence-electron chi connectivity index (χ2n) is 4.96. The van der Waals surface area contributed by atoms with Crippen LogP contribution >= 0.6 is 15.9 Å². The van der Waals surface area contributed by atoms with Crippen LogP contribution in [0.25, 0.3) is 11.1 Å². The van der Waals surface area contributed by atoms with Crippen LogP contribution in [0.2, 0.25) is 0 Å². The van der Waals surface area contributed by atoms with E-state index in [0.717, 1.165) is 26.7 Å². The average Bonchev–Trinajstić information content (AvgIpc) is 2.61. The van der Waals surface area contributed by atoms with Crippen LogP contribution in [-0.4, -0.2) is 0 Å². The number of nitrogens with zero attached hydrogens (tertiary/aromatic N) is 1. The van der Waals surface area contributed by atoms with E-state index in [1.807, 2.05) is 48.5 Å². The third kappa shape index (κ3) is 3.51. The van der Waals surface area contributed by atoms with Crippen molar-refractivity contribution in [3.63, 3.8) is 0 Å². The van der Waals surface area contributed by atoms with Crippen LogP contribution in [0.15, 0.2) is 77.3 Å². The number of nitriles is 1. The van der Waals surface area contributed by atoms with Gasteiger partial charge in [0.2, 0.25) is 0 Å². The molecule has 0 radical (unpaired) electrons. The number of hydrogen-bond acceptors (Lipinski definition) is 1. The Morgan fingerprint density at radius 3 is 1.96 bits per heavy atom. The zero-order chi connectivity index (χ0) is 16.1. The molecule has 0 atom stereocenters. The molecule has 0 aromatic heterocycles. The largest absolute Gasteiger partial charge is 0.192 e. The first-order valence-electron chi connectivity index (χ1n) is 7.14. The minimum Gasteiger partial charge on any atom is -0.192 e. The molecule has 0 aliphatic rings. The SMILES string of the molecule is N#Cc1ccc(C#Cc2ccccc2-c2ccccc2Br)cc1. The smallest absolute Gasteiger partial charge is 0.0991 e. The van der Waals surface area contributed by atoms with E-state index in [1.54, 1.807) is 12.1 Å². The maximum atomic E-state index is 8.83.